The number of fused-ring (bicyclic) bond motifs is 1. The van der Waals surface area contributed by atoms with E-state index in [1.54, 1.807) is 6.07 Å². The van der Waals surface area contributed by atoms with Crippen molar-refractivity contribution in [2.75, 3.05) is 5.32 Å². The van der Waals surface area contributed by atoms with Crippen molar-refractivity contribution in [3.8, 4) is 5.75 Å². The van der Waals surface area contributed by atoms with Gasteiger partial charge in [-0.3, -0.25) is 0 Å². The molecule has 0 aliphatic heterocycles. The fourth-order valence-corrected chi connectivity index (χ4v) is 3.68. The molecule has 2 aromatic rings. The van der Waals surface area contributed by atoms with Gasteiger partial charge in [-0.15, -0.1) is 0 Å². The van der Waals surface area contributed by atoms with Crippen LogP contribution in [0.3, 0.4) is 0 Å². The van der Waals surface area contributed by atoms with E-state index in [-0.39, 0.29) is 6.04 Å². The normalized spacial score (nSPS) is 20.4. The number of nitrogens with one attached hydrogen (secondary N) is 1. The first-order valence-electron chi connectivity index (χ1n) is 7.32. The van der Waals surface area contributed by atoms with E-state index in [0.29, 0.717) is 11.7 Å². The Kier molecular flexibility index (Phi) is 3.58. The molecule has 3 rings (SSSR count). The lowest BCUT2D eigenvalue weighted by atomic mass is 9.97. The molecule has 0 saturated carbocycles. The standard InChI is InChI=1S/C18H20ClNO/c1-10-4-7-16(21)18-15(9-12(3)17(10)18)20-14-6-5-13(19)8-11(14)2/h4-8,12,15,20-21H,9H2,1-3H3. The van der Waals surface area contributed by atoms with Gasteiger partial charge in [0.15, 0.2) is 0 Å². The number of benzene rings is 2. The van der Waals surface area contributed by atoms with Gasteiger partial charge in [0.2, 0.25) is 0 Å². The third-order valence-corrected chi connectivity index (χ3v) is 4.67. The van der Waals surface area contributed by atoms with Crippen LogP contribution in [-0.4, -0.2) is 5.11 Å². The van der Waals surface area contributed by atoms with Crippen LogP contribution >= 0.6 is 11.6 Å². The summed E-state index contributed by atoms with van der Waals surface area (Å²) in [6, 6.07) is 9.81. The summed E-state index contributed by atoms with van der Waals surface area (Å²) in [5.74, 6) is 0.848. The number of anilines is 1. The summed E-state index contributed by atoms with van der Waals surface area (Å²) in [6.07, 6.45) is 0.996. The SMILES string of the molecule is Cc1cc(Cl)ccc1NC1CC(C)c2c(C)ccc(O)c21. The van der Waals surface area contributed by atoms with Crippen LogP contribution in [0.15, 0.2) is 30.3 Å². The molecule has 110 valence electrons. The van der Waals surface area contributed by atoms with Gasteiger partial charge in [0, 0.05) is 16.3 Å². The van der Waals surface area contributed by atoms with Crippen LogP contribution in [0.25, 0.3) is 0 Å². The summed E-state index contributed by atoms with van der Waals surface area (Å²) in [5.41, 5.74) is 5.80. The molecule has 2 N–H and O–H groups in total. The Morgan fingerprint density at radius 3 is 2.57 bits per heavy atom. The predicted molar refractivity (Wildman–Crippen MR) is 88.4 cm³/mol. The Morgan fingerprint density at radius 1 is 1.10 bits per heavy atom. The zero-order chi connectivity index (χ0) is 15.1. The van der Waals surface area contributed by atoms with E-state index in [9.17, 15) is 5.11 Å². The van der Waals surface area contributed by atoms with Gasteiger partial charge < -0.3 is 10.4 Å². The second-order valence-corrected chi connectivity index (χ2v) is 6.46. The fraction of sp³-hybridized carbons (Fsp3) is 0.333. The highest BCUT2D eigenvalue weighted by Crippen LogP contribution is 2.47. The van der Waals surface area contributed by atoms with Crippen molar-refractivity contribution in [2.24, 2.45) is 0 Å². The summed E-state index contributed by atoms with van der Waals surface area (Å²) in [4.78, 5) is 0. The average Bonchev–Trinajstić information content (AvgIpc) is 2.75. The molecule has 0 spiro atoms. The molecule has 2 unspecified atom stereocenters. The lowest BCUT2D eigenvalue weighted by Gasteiger charge is -2.19. The largest absolute Gasteiger partial charge is 0.508 e. The smallest absolute Gasteiger partial charge is 0.121 e. The molecule has 0 aromatic heterocycles. The third-order valence-electron chi connectivity index (χ3n) is 4.43. The summed E-state index contributed by atoms with van der Waals surface area (Å²) in [6.45, 7) is 6.38. The quantitative estimate of drug-likeness (QED) is 0.786. The van der Waals surface area contributed by atoms with E-state index >= 15 is 0 Å². The molecular weight excluding hydrogens is 282 g/mol. The number of hydrogen-bond donors (Lipinski definition) is 2. The second kappa shape index (κ2) is 5.27. The first-order chi connectivity index (χ1) is 9.97. The Morgan fingerprint density at radius 2 is 1.86 bits per heavy atom. The van der Waals surface area contributed by atoms with E-state index in [2.05, 4.69) is 19.2 Å². The molecule has 2 aromatic carbocycles. The van der Waals surface area contributed by atoms with Gasteiger partial charge in [-0.1, -0.05) is 24.6 Å². The molecule has 21 heavy (non-hydrogen) atoms. The minimum absolute atomic E-state index is 0.148. The average molecular weight is 302 g/mol. The Balaban J connectivity index is 1.98. The number of phenols is 1. The number of rotatable bonds is 2. The van der Waals surface area contributed by atoms with Gasteiger partial charge in [0.25, 0.3) is 0 Å². The lowest BCUT2D eigenvalue weighted by Crippen LogP contribution is -2.08. The van der Waals surface area contributed by atoms with Crippen molar-refractivity contribution in [2.45, 2.75) is 39.2 Å². The Hall–Kier alpha value is -1.67. The summed E-state index contributed by atoms with van der Waals surface area (Å²) < 4.78 is 0. The van der Waals surface area contributed by atoms with Gasteiger partial charge in [0.1, 0.15) is 5.75 Å². The Labute approximate surface area is 130 Å². The van der Waals surface area contributed by atoms with Crippen molar-refractivity contribution in [1.82, 2.24) is 0 Å². The van der Waals surface area contributed by atoms with Crippen LogP contribution in [0.1, 0.15) is 47.6 Å². The van der Waals surface area contributed by atoms with Crippen molar-refractivity contribution >= 4 is 17.3 Å². The molecule has 1 aliphatic carbocycles. The van der Waals surface area contributed by atoms with Gasteiger partial charge in [-0.25, -0.2) is 0 Å². The highest BCUT2D eigenvalue weighted by atomic mass is 35.5. The molecule has 0 fully saturated rings. The lowest BCUT2D eigenvalue weighted by molar-refractivity contribution is 0.465. The van der Waals surface area contributed by atoms with Crippen molar-refractivity contribution in [3.63, 3.8) is 0 Å². The van der Waals surface area contributed by atoms with Crippen LogP contribution in [0.4, 0.5) is 5.69 Å². The first-order valence-corrected chi connectivity index (χ1v) is 7.70. The topological polar surface area (TPSA) is 32.3 Å². The number of aryl methyl sites for hydroxylation is 2. The van der Waals surface area contributed by atoms with E-state index in [0.717, 1.165) is 28.3 Å². The minimum Gasteiger partial charge on any atom is -0.508 e. The van der Waals surface area contributed by atoms with Crippen LogP contribution in [0.2, 0.25) is 5.02 Å². The van der Waals surface area contributed by atoms with Crippen LogP contribution < -0.4 is 5.32 Å². The molecule has 2 nitrogen and oxygen atoms in total. The van der Waals surface area contributed by atoms with Crippen molar-refractivity contribution < 1.29 is 5.11 Å². The van der Waals surface area contributed by atoms with Crippen LogP contribution in [-0.2, 0) is 0 Å². The summed E-state index contributed by atoms with van der Waals surface area (Å²) >= 11 is 6.02. The highest BCUT2D eigenvalue weighted by Gasteiger charge is 2.32. The maximum absolute atomic E-state index is 10.3. The van der Waals surface area contributed by atoms with Gasteiger partial charge in [0.05, 0.1) is 6.04 Å². The summed E-state index contributed by atoms with van der Waals surface area (Å²) in [5, 5.41) is 14.6. The predicted octanol–water partition coefficient (Wildman–Crippen LogP) is 5.32. The zero-order valence-corrected chi connectivity index (χ0v) is 13.3. The number of halogens is 1. The molecule has 3 heteroatoms. The van der Waals surface area contributed by atoms with Gasteiger partial charge in [-0.2, -0.15) is 0 Å². The van der Waals surface area contributed by atoms with Gasteiger partial charge >= 0.3 is 0 Å². The van der Waals surface area contributed by atoms with Crippen LogP contribution in [0.5, 0.6) is 5.75 Å². The molecule has 0 radical (unpaired) electrons. The fourth-order valence-electron chi connectivity index (χ4n) is 3.45. The second-order valence-electron chi connectivity index (χ2n) is 6.02. The number of aromatic hydroxyl groups is 1. The zero-order valence-electron chi connectivity index (χ0n) is 12.6. The van der Waals surface area contributed by atoms with Crippen molar-refractivity contribution in [3.05, 3.63) is 57.6 Å². The van der Waals surface area contributed by atoms with Crippen molar-refractivity contribution in [1.29, 1.82) is 0 Å². The molecule has 0 amide bonds. The maximum atomic E-state index is 10.3. The minimum atomic E-state index is 0.148. The number of hydrogen-bond acceptors (Lipinski definition) is 2. The van der Waals surface area contributed by atoms with Crippen LogP contribution in [0, 0.1) is 13.8 Å². The van der Waals surface area contributed by atoms with E-state index < -0.39 is 0 Å². The third kappa shape index (κ3) is 2.49. The maximum Gasteiger partial charge on any atom is 0.121 e. The summed E-state index contributed by atoms with van der Waals surface area (Å²) in [7, 11) is 0. The van der Waals surface area contributed by atoms with Gasteiger partial charge in [-0.05, 0) is 67.1 Å². The molecule has 0 saturated heterocycles. The highest BCUT2D eigenvalue weighted by molar-refractivity contribution is 6.30. The monoisotopic (exact) mass is 301 g/mol. The molecular formula is C18H20ClNO. The molecule has 0 bridgehead atoms. The molecule has 0 heterocycles. The van der Waals surface area contributed by atoms with E-state index in [4.69, 9.17) is 11.6 Å². The molecule has 1 aliphatic rings. The Bertz CT molecular complexity index is 696. The number of phenolic OH excluding ortho intramolecular Hbond substituents is 1. The van der Waals surface area contributed by atoms with E-state index in [1.165, 1.54) is 11.1 Å². The van der Waals surface area contributed by atoms with E-state index in [1.807, 2.05) is 31.2 Å². The molecule has 2 atom stereocenters. The first kappa shape index (κ1) is 14.3.